The first-order valence-corrected chi connectivity index (χ1v) is 22.3. The van der Waals surface area contributed by atoms with Gasteiger partial charge in [-0.2, -0.15) is 0 Å². The lowest BCUT2D eigenvalue weighted by Crippen LogP contribution is -2.00. The number of nitrogens with zero attached hydrogens (tertiary/aromatic N) is 4. The summed E-state index contributed by atoms with van der Waals surface area (Å²) in [5.74, 6) is 0. The van der Waals surface area contributed by atoms with E-state index in [9.17, 15) is 0 Å². The summed E-state index contributed by atoms with van der Waals surface area (Å²) in [5, 5.41) is 10.9. The predicted octanol–water partition coefficient (Wildman–Crippen LogP) is 16.0. The van der Waals surface area contributed by atoms with Crippen molar-refractivity contribution in [2.24, 2.45) is 0 Å². The summed E-state index contributed by atoms with van der Waals surface area (Å²) >= 11 is 0. The van der Waals surface area contributed by atoms with Crippen LogP contribution in [0.5, 0.6) is 0 Å². The molecule has 0 aliphatic carbocycles. The van der Waals surface area contributed by atoms with Crippen molar-refractivity contribution in [2.45, 2.75) is 0 Å². The van der Waals surface area contributed by atoms with Crippen LogP contribution in [0.15, 0.2) is 231 Å². The summed E-state index contributed by atoms with van der Waals surface area (Å²) in [6.45, 7) is 0. The Labute approximate surface area is 374 Å². The van der Waals surface area contributed by atoms with E-state index in [1.165, 1.54) is 70.8 Å². The molecule has 4 nitrogen and oxygen atoms in total. The topological polar surface area (TPSA) is 27.7 Å². The number of pyridine rings is 1. The molecule has 0 atom stereocenters. The van der Waals surface area contributed by atoms with Crippen molar-refractivity contribution < 1.29 is 0 Å². The maximum Gasteiger partial charge on any atom is 0.0788 e. The summed E-state index contributed by atoms with van der Waals surface area (Å²) in [7, 11) is 0. The molecule has 302 valence electrons. The van der Waals surface area contributed by atoms with E-state index < -0.39 is 0 Å². The molecule has 65 heavy (non-hydrogen) atoms. The Morgan fingerprint density at radius 2 is 0.646 bits per heavy atom. The second-order valence-corrected chi connectivity index (χ2v) is 17.1. The lowest BCUT2D eigenvalue weighted by molar-refractivity contribution is 1.13. The number of hydrogen-bond donors (Lipinski definition) is 0. The van der Waals surface area contributed by atoms with Crippen LogP contribution in [0.2, 0.25) is 0 Å². The van der Waals surface area contributed by atoms with Crippen LogP contribution in [-0.2, 0) is 0 Å². The molecule has 0 N–H and O–H groups in total. The molecule has 0 bridgehead atoms. The monoisotopic (exact) mass is 826 g/mol. The average Bonchev–Trinajstić information content (AvgIpc) is 4.01. The zero-order valence-electron chi connectivity index (χ0n) is 35.2. The molecule has 0 amide bonds. The van der Waals surface area contributed by atoms with Gasteiger partial charge in [0, 0.05) is 65.7 Å². The highest BCUT2D eigenvalue weighted by Gasteiger charge is 2.20. The van der Waals surface area contributed by atoms with E-state index in [-0.39, 0.29) is 0 Å². The summed E-state index contributed by atoms with van der Waals surface area (Å²) in [6.07, 6.45) is 0. The fourth-order valence-electron chi connectivity index (χ4n) is 10.7. The standard InChI is InChI=1S/C61H38N4/c1-2-16-42(17-3-1)63-59-29-15-9-23-50(59)52-37-51-45-18-4-10-24-54(45)62-61(53(51)38-60(52)63)40-32-30-39(31-33-40)41-34-43(64-55-25-11-5-19-46(55)47-20-6-12-26-56(47)64)36-44(35-41)65-57-27-13-7-21-48(57)49-22-8-14-28-58(49)65/h1-38H. The summed E-state index contributed by atoms with van der Waals surface area (Å²) in [6, 6.07) is 83.9. The SMILES string of the molecule is c1ccc(-n2c3ccccc3c3cc4c(cc32)c(-c2ccc(-c3cc(-n5c6ccccc6c6ccccc65)cc(-n5c6ccccc6c6ccccc65)c3)cc2)nc2ccccc24)cc1. The molecule has 0 spiro atoms. The molecule has 0 unspecified atom stereocenters. The second kappa shape index (κ2) is 13.9. The lowest BCUT2D eigenvalue weighted by atomic mass is 9.96. The molecule has 0 fully saturated rings. The van der Waals surface area contributed by atoms with Crippen molar-refractivity contribution in [3.05, 3.63) is 231 Å². The van der Waals surface area contributed by atoms with Gasteiger partial charge in [0.1, 0.15) is 0 Å². The van der Waals surface area contributed by atoms with Crippen molar-refractivity contribution in [1.29, 1.82) is 0 Å². The predicted molar refractivity (Wildman–Crippen MR) is 273 cm³/mol. The van der Waals surface area contributed by atoms with E-state index in [4.69, 9.17) is 4.98 Å². The van der Waals surface area contributed by atoms with Gasteiger partial charge >= 0.3 is 0 Å². The number of benzene rings is 10. The van der Waals surface area contributed by atoms with Crippen molar-refractivity contribution in [3.8, 4) is 39.4 Å². The third kappa shape index (κ3) is 5.35. The molecule has 4 heterocycles. The van der Waals surface area contributed by atoms with Gasteiger partial charge in [0.05, 0.1) is 44.3 Å². The summed E-state index contributed by atoms with van der Waals surface area (Å²) in [4.78, 5) is 5.43. The Morgan fingerprint density at radius 3 is 1.17 bits per heavy atom. The number of hydrogen-bond acceptors (Lipinski definition) is 1. The number of fused-ring (bicyclic) bond motifs is 12. The van der Waals surface area contributed by atoms with Crippen LogP contribution < -0.4 is 0 Å². The minimum absolute atomic E-state index is 0.974. The third-order valence-corrected chi connectivity index (χ3v) is 13.6. The van der Waals surface area contributed by atoms with Gasteiger partial charge in [-0.05, 0) is 95.4 Å². The molecule has 14 aromatic rings. The summed E-state index contributed by atoms with van der Waals surface area (Å²) in [5.41, 5.74) is 15.8. The van der Waals surface area contributed by atoms with Gasteiger partial charge in [-0.15, -0.1) is 0 Å². The molecule has 10 aromatic carbocycles. The average molecular weight is 827 g/mol. The van der Waals surface area contributed by atoms with E-state index in [1.54, 1.807) is 0 Å². The molecule has 4 heteroatoms. The Bertz CT molecular complexity index is 3990. The minimum atomic E-state index is 0.974. The Morgan fingerprint density at radius 1 is 0.231 bits per heavy atom. The van der Waals surface area contributed by atoms with E-state index in [1.807, 2.05) is 0 Å². The number of para-hydroxylation sites is 7. The van der Waals surface area contributed by atoms with Crippen LogP contribution in [0.4, 0.5) is 0 Å². The highest BCUT2D eigenvalue weighted by Crippen LogP contribution is 2.42. The van der Waals surface area contributed by atoms with Crippen molar-refractivity contribution in [3.63, 3.8) is 0 Å². The smallest absolute Gasteiger partial charge is 0.0788 e. The first-order valence-electron chi connectivity index (χ1n) is 22.3. The number of aromatic nitrogens is 4. The van der Waals surface area contributed by atoms with Gasteiger partial charge < -0.3 is 13.7 Å². The normalized spacial score (nSPS) is 12.0. The van der Waals surface area contributed by atoms with Gasteiger partial charge in [0.2, 0.25) is 0 Å². The van der Waals surface area contributed by atoms with Crippen LogP contribution in [-0.4, -0.2) is 18.7 Å². The third-order valence-electron chi connectivity index (χ3n) is 13.6. The molecular weight excluding hydrogens is 789 g/mol. The Hall–Kier alpha value is -8.73. The molecule has 0 saturated heterocycles. The fraction of sp³-hybridized carbons (Fsp3) is 0. The zero-order valence-corrected chi connectivity index (χ0v) is 35.2. The van der Waals surface area contributed by atoms with Crippen molar-refractivity contribution >= 4 is 87.1 Å². The second-order valence-electron chi connectivity index (χ2n) is 17.1. The molecule has 4 aromatic heterocycles. The Kier molecular flexibility index (Phi) is 7.65. The first-order chi connectivity index (χ1) is 32.2. The van der Waals surface area contributed by atoms with Crippen LogP contribution in [0.3, 0.4) is 0 Å². The van der Waals surface area contributed by atoms with Crippen LogP contribution in [0.25, 0.3) is 127 Å². The molecule has 14 rings (SSSR count). The van der Waals surface area contributed by atoms with E-state index in [0.29, 0.717) is 0 Å². The van der Waals surface area contributed by atoms with E-state index in [0.717, 1.165) is 55.7 Å². The number of rotatable bonds is 5. The largest absolute Gasteiger partial charge is 0.309 e. The molecule has 0 aliphatic heterocycles. The zero-order chi connectivity index (χ0) is 42.6. The molecule has 0 radical (unpaired) electrons. The lowest BCUT2D eigenvalue weighted by Gasteiger charge is -2.16. The highest BCUT2D eigenvalue weighted by atomic mass is 15.0. The minimum Gasteiger partial charge on any atom is -0.309 e. The maximum absolute atomic E-state index is 5.43. The highest BCUT2D eigenvalue weighted by molar-refractivity contribution is 6.20. The maximum atomic E-state index is 5.43. The van der Waals surface area contributed by atoms with Gasteiger partial charge in [0.25, 0.3) is 0 Å². The van der Waals surface area contributed by atoms with Gasteiger partial charge in [-0.3, -0.25) is 0 Å². The molecular formula is C61H38N4. The van der Waals surface area contributed by atoms with Crippen LogP contribution in [0, 0.1) is 0 Å². The quantitative estimate of drug-likeness (QED) is 0.159. The fourth-order valence-corrected chi connectivity index (χ4v) is 10.7. The van der Waals surface area contributed by atoms with Crippen molar-refractivity contribution in [1.82, 2.24) is 18.7 Å². The van der Waals surface area contributed by atoms with Crippen molar-refractivity contribution in [2.75, 3.05) is 0 Å². The molecule has 0 saturated carbocycles. The van der Waals surface area contributed by atoms with Crippen LogP contribution in [0.1, 0.15) is 0 Å². The van der Waals surface area contributed by atoms with Gasteiger partial charge in [-0.1, -0.05) is 152 Å². The van der Waals surface area contributed by atoms with E-state index in [2.05, 4.69) is 244 Å². The van der Waals surface area contributed by atoms with E-state index >= 15 is 0 Å². The van der Waals surface area contributed by atoms with Gasteiger partial charge in [0.15, 0.2) is 0 Å². The van der Waals surface area contributed by atoms with Crippen LogP contribution >= 0.6 is 0 Å². The van der Waals surface area contributed by atoms with Gasteiger partial charge in [-0.25, -0.2) is 4.98 Å². The first kappa shape index (κ1) is 35.8. The summed E-state index contributed by atoms with van der Waals surface area (Å²) < 4.78 is 7.26. The molecule has 0 aliphatic rings. The Balaban J connectivity index is 0.997.